The van der Waals surface area contributed by atoms with Crippen LogP contribution in [0.2, 0.25) is 0 Å². The first kappa shape index (κ1) is 26.9. The number of anilines is 2. The number of carbonyl (C=O) groups excluding carboxylic acids is 3. The third-order valence-electron chi connectivity index (χ3n) is 7.79. The highest BCUT2D eigenvalue weighted by molar-refractivity contribution is 6.21. The van der Waals surface area contributed by atoms with Crippen molar-refractivity contribution >= 4 is 29.5 Å². The lowest BCUT2D eigenvalue weighted by Crippen LogP contribution is -2.51. The van der Waals surface area contributed by atoms with Crippen LogP contribution in [-0.2, 0) is 15.8 Å². The lowest BCUT2D eigenvalue weighted by molar-refractivity contribution is -0.141. The van der Waals surface area contributed by atoms with Crippen LogP contribution in [0.15, 0.2) is 36.5 Å². The third kappa shape index (κ3) is 5.41. The molecule has 1 N–H and O–H groups in total. The third-order valence-corrected chi connectivity index (χ3v) is 7.79. The molecule has 5 rings (SSSR count). The number of nitrogens with one attached hydrogen (secondary N) is 1. The molecule has 3 aliphatic heterocycles. The van der Waals surface area contributed by atoms with Gasteiger partial charge in [-0.1, -0.05) is 26.0 Å². The number of urea groups is 1. The molecule has 39 heavy (non-hydrogen) atoms. The van der Waals surface area contributed by atoms with Gasteiger partial charge in [-0.2, -0.15) is 13.2 Å². The van der Waals surface area contributed by atoms with Gasteiger partial charge in [0.15, 0.2) is 0 Å². The van der Waals surface area contributed by atoms with Crippen LogP contribution in [0, 0.1) is 5.92 Å². The highest BCUT2D eigenvalue weighted by Gasteiger charge is 2.49. The zero-order valence-corrected chi connectivity index (χ0v) is 21.8. The topological polar surface area (TPSA) is 98.7 Å². The Hall–Kier alpha value is -3.70. The van der Waals surface area contributed by atoms with Gasteiger partial charge in [-0.15, -0.1) is 0 Å². The van der Waals surface area contributed by atoms with E-state index >= 15 is 0 Å². The van der Waals surface area contributed by atoms with Crippen LogP contribution in [0.3, 0.4) is 0 Å². The Morgan fingerprint density at radius 2 is 1.72 bits per heavy atom. The summed E-state index contributed by atoms with van der Waals surface area (Å²) in [6.07, 6.45) is -1.68. The summed E-state index contributed by atoms with van der Waals surface area (Å²) >= 11 is 0. The fourth-order valence-electron chi connectivity index (χ4n) is 5.50. The second kappa shape index (κ2) is 10.5. The van der Waals surface area contributed by atoms with Crippen LogP contribution in [-0.4, -0.2) is 64.4 Å². The van der Waals surface area contributed by atoms with E-state index in [-0.39, 0.29) is 35.8 Å². The number of amides is 4. The van der Waals surface area contributed by atoms with E-state index in [1.54, 1.807) is 21.9 Å². The molecule has 3 aliphatic rings. The number of fused-ring (bicyclic) bond motifs is 1. The van der Waals surface area contributed by atoms with Crippen LogP contribution in [0.25, 0.3) is 0 Å². The Bertz CT molecular complexity index is 1240. The van der Waals surface area contributed by atoms with Crippen molar-refractivity contribution < 1.29 is 27.6 Å². The number of halogens is 3. The summed E-state index contributed by atoms with van der Waals surface area (Å²) in [6, 6.07) is 7.05. The van der Waals surface area contributed by atoms with Gasteiger partial charge >= 0.3 is 12.2 Å². The fraction of sp³-hybridized carbons (Fsp3) is 0.519. The molecule has 2 aromatic rings. The van der Waals surface area contributed by atoms with Crippen molar-refractivity contribution in [2.75, 3.05) is 29.4 Å². The van der Waals surface area contributed by atoms with E-state index in [1.165, 1.54) is 4.90 Å². The Labute approximate surface area is 224 Å². The number of rotatable bonds is 5. The van der Waals surface area contributed by atoms with Gasteiger partial charge in [-0.05, 0) is 55.4 Å². The molecule has 0 radical (unpaired) electrons. The maximum atomic E-state index is 13.2. The van der Waals surface area contributed by atoms with Gasteiger partial charge in [0.05, 0.1) is 5.69 Å². The van der Waals surface area contributed by atoms with Gasteiger partial charge in [0, 0.05) is 37.8 Å². The maximum Gasteiger partial charge on any atom is 0.433 e. The molecule has 0 unspecified atom stereocenters. The van der Waals surface area contributed by atoms with Gasteiger partial charge < -0.3 is 15.1 Å². The van der Waals surface area contributed by atoms with Crippen molar-refractivity contribution in [3.8, 4) is 0 Å². The average Bonchev–Trinajstić information content (AvgIpc) is 3.17. The lowest BCUT2D eigenvalue weighted by atomic mass is 9.93. The second-order valence-corrected chi connectivity index (χ2v) is 10.6. The summed E-state index contributed by atoms with van der Waals surface area (Å²) in [4.78, 5) is 51.3. The minimum Gasteiger partial charge on any atom is -0.353 e. The van der Waals surface area contributed by atoms with Crippen molar-refractivity contribution in [3.05, 3.63) is 47.8 Å². The van der Waals surface area contributed by atoms with E-state index in [1.807, 2.05) is 12.1 Å². The number of carbonyl (C=O) groups is 3. The van der Waals surface area contributed by atoms with E-state index in [0.717, 1.165) is 17.8 Å². The summed E-state index contributed by atoms with van der Waals surface area (Å²) in [5.74, 6) is -0.395. The molecule has 9 nitrogen and oxygen atoms in total. The van der Waals surface area contributed by atoms with Crippen molar-refractivity contribution in [3.63, 3.8) is 0 Å². The molecule has 1 aromatic heterocycles. The zero-order valence-electron chi connectivity index (χ0n) is 21.8. The van der Waals surface area contributed by atoms with Crippen molar-refractivity contribution in [1.82, 2.24) is 20.2 Å². The molecule has 0 spiro atoms. The van der Waals surface area contributed by atoms with Crippen molar-refractivity contribution in [2.24, 2.45) is 5.92 Å². The predicted molar refractivity (Wildman–Crippen MR) is 137 cm³/mol. The van der Waals surface area contributed by atoms with Crippen LogP contribution >= 0.6 is 0 Å². The Morgan fingerprint density at radius 1 is 1.03 bits per heavy atom. The Morgan fingerprint density at radius 3 is 2.36 bits per heavy atom. The molecule has 4 heterocycles. The normalized spacial score (nSPS) is 22.5. The quantitative estimate of drug-likeness (QED) is 0.573. The standard InChI is InChI=1S/C27H31F3N6O3/c1-16(2)17-3-5-20(6-4-17)36-24(38)21-15-19(10-14-35(21)26(36)39)32-23(37)18-8-12-34(13-9-18)25-31-11-7-22(33-25)27(28,29)30/h3-7,11,16,18-19,21H,8-10,12-15H2,1-2H3,(H,32,37)/t19-,21-/m0/s1. The largest absolute Gasteiger partial charge is 0.433 e. The first-order valence-corrected chi connectivity index (χ1v) is 13.2. The number of hydrogen-bond donors (Lipinski definition) is 1. The van der Waals surface area contributed by atoms with E-state index in [9.17, 15) is 27.6 Å². The van der Waals surface area contributed by atoms with E-state index in [4.69, 9.17) is 0 Å². The minimum absolute atomic E-state index is 0.00358. The number of nitrogens with zero attached hydrogens (tertiary/aromatic N) is 5. The summed E-state index contributed by atoms with van der Waals surface area (Å²) in [5, 5.41) is 3.05. The molecule has 4 amide bonds. The van der Waals surface area contributed by atoms with Crippen molar-refractivity contribution in [1.29, 1.82) is 0 Å². The molecule has 208 valence electrons. The first-order chi connectivity index (χ1) is 18.5. The molecule has 3 fully saturated rings. The number of imide groups is 1. The van der Waals surface area contributed by atoms with Gasteiger partial charge in [-0.3, -0.25) is 9.59 Å². The molecular weight excluding hydrogens is 513 g/mol. The van der Waals surface area contributed by atoms with Crippen LogP contribution in [0.5, 0.6) is 0 Å². The molecular formula is C27H31F3N6O3. The van der Waals surface area contributed by atoms with E-state index in [0.29, 0.717) is 56.9 Å². The number of alkyl halides is 3. The van der Waals surface area contributed by atoms with Gasteiger partial charge in [-0.25, -0.2) is 19.7 Å². The molecule has 3 saturated heterocycles. The summed E-state index contributed by atoms with van der Waals surface area (Å²) in [5.41, 5.74) is 0.664. The Kier molecular flexibility index (Phi) is 7.21. The van der Waals surface area contributed by atoms with Crippen molar-refractivity contribution in [2.45, 2.75) is 63.7 Å². The molecule has 1 aromatic carbocycles. The highest BCUT2D eigenvalue weighted by Crippen LogP contribution is 2.33. The number of hydrogen-bond acceptors (Lipinski definition) is 6. The van der Waals surface area contributed by atoms with Gasteiger partial charge in [0.25, 0.3) is 5.91 Å². The molecule has 12 heteroatoms. The molecule has 0 aliphatic carbocycles. The number of aromatic nitrogens is 2. The molecule has 2 atom stereocenters. The van der Waals surface area contributed by atoms with E-state index in [2.05, 4.69) is 29.1 Å². The summed E-state index contributed by atoms with van der Waals surface area (Å²) in [6.45, 7) is 5.23. The Balaban J connectivity index is 1.16. The number of piperidine rings is 2. The number of benzene rings is 1. The minimum atomic E-state index is -4.55. The average molecular weight is 545 g/mol. The molecule has 0 saturated carbocycles. The van der Waals surface area contributed by atoms with Gasteiger partial charge in [0.2, 0.25) is 11.9 Å². The van der Waals surface area contributed by atoms with Crippen LogP contribution in [0.4, 0.5) is 29.6 Å². The molecule has 0 bridgehead atoms. The lowest BCUT2D eigenvalue weighted by Gasteiger charge is -2.35. The maximum absolute atomic E-state index is 13.2. The van der Waals surface area contributed by atoms with E-state index < -0.39 is 17.9 Å². The predicted octanol–water partition coefficient (Wildman–Crippen LogP) is 3.95. The van der Waals surface area contributed by atoms with Crippen LogP contribution < -0.4 is 15.1 Å². The summed E-state index contributed by atoms with van der Waals surface area (Å²) < 4.78 is 39.0. The second-order valence-electron chi connectivity index (χ2n) is 10.6. The fourth-order valence-corrected chi connectivity index (χ4v) is 5.50. The summed E-state index contributed by atoms with van der Waals surface area (Å²) in [7, 11) is 0. The first-order valence-electron chi connectivity index (χ1n) is 13.2. The van der Waals surface area contributed by atoms with Crippen LogP contribution in [0.1, 0.15) is 56.7 Å². The van der Waals surface area contributed by atoms with Gasteiger partial charge in [0.1, 0.15) is 11.7 Å². The SMILES string of the molecule is CC(C)c1ccc(N2C(=O)[C@@H]3C[C@@H](NC(=O)C4CCN(c5nccc(C(F)(F)F)n5)CC4)CCN3C2=O)cc1. The smallest absolute Gasteiger partial charge is 0.353 e. The highest BCUT2D eigenvalue weighted by atomic mass is 19.4. The monoisotopic (exact) mass is 544 g/mol. The zero-order chi connectivity index (χ0) is 27.9.